The molecule has 0 aromatic heterocycles. The van der Waals surface area contributed by atoms with Crippen LogP contribution in [0.25, 0.3) is 0 Å². The van der Waals surface area contributed by atoms with Crippen molar-refractivity contribution in [2.45, 2.75) is 51.9 Å². The number of aromatic hydroxyl groups is 1. The van der Waals surface area contributed by atoms with Gasteiger partial charge < -0.3 is 19.9 Å². The van der Waals surface area contributed by atoms with Gasteiger partial charge in [-0.3, -0.25) is 4.79 Å². The smallest absolute Gasteiger partial charge is 0.336 e. The number of dihydropyridines is 1. The summed E-state index contributed by atoms with van der Waals surface area (Å²) in [5.41, 5.74) is 4.08. The van der Waals surface area contributed by atoms with Gasteiger partial charge in [-0.1, -0.05) is 30.7 Å². The Balaban J connectivity index is 1.83. The molecule has 2 aromatic rings. The minimum atomic E-state index is -0.652. The zero-order valence-electron chi connectivity index (χ0n) is 20.5. The molecule has 36 heavy (non-hydrogen) atoms. The van der Waals surface area contributed by atoms with E-state index in [0.29, 0.717) is 57.8 Å². The zero-order chi connectivity index (χ0) is 26.0. The third kappa shape index (κ3) is 5.18. The van der Waals surface area contributed by atoms with Crippen LogP contribution in [0.15, 0.2) is 63.4 Å². The minimum absolute atomic E-state index is 0.00593. The number of hydrogen-bond donors (Lipinski definition) is 2. The molecule has 0 bridgehead atoms. The Kier molecular flexibility index (Phi) is 8.10. The average Bonchev–Trinajstić information content (AvgIpc) is 2.84. The van der Waals surface area contributed by atoms with Gasteiger partial charge in [0.05, 0.1) is 23.3 Å². The molecule has 2 atom stereocenters. The molecule has 0 radical (unpaired) electrons. The third-order valence-corrected chi connectivity index (χ3v) is 7.37. The van der Waals surface area contributed by atoms with E-state index < -0.39 is 11.9 Å². The minimum Gasteiger partial charge on any atom is -0.503 e. The summed E-state index contributed by atoms with van der Waals surface area (Å²) in [7, 11) is 0. The summed E-state index contributed by atoms with van der Waals surface area (Å²) in [5.74, 6) is -0.910. The van der Waals surface area contributed by atoms with Gasteiger partial charge in [0.1, 0.15) is 0 Å². The highest BCUT2D eigenvalue weighted by molar-refractivity contribution is 9.10. The first-order valence-corrected chi connectivity index (χ1v) is 13.2. The van der Waals surface area contributed by atoms with Gasteiger partial charge in [-0.15, -0.1) is 0 Å². The van der Waals surface area contributed by atoms with Gasteiger partial charge in [-0.25, -0.2) is 4.79 Å². The Morgan fingerprint density at radius 3 is 2.56 bits per heavy atom. The number of halogens is 2. The van der Waals surface area contributed by atoms with Crippen LogP contribution in [0.2, 0.25) is 5.02 Å². The van der Waals surface area contributed by atoms with Crippen LogP contribution in [0.1, 0.15) is 63.0 Å². The lowest BCUT2D eigenvalue weighted by Gasteiger charge is -2.37. The molecule has 2 N–H and O–H groups in total. The highest BCUT2D eigenvalue weighted by Crippen LogP contribution is 2.48. The summed E-state index contributed by atoms with van der Waals surface area (Å²) >= 11 is 9.47. The average molecular weight is 575 g/mol. The van der Waals surface area contributed by atoms with Gasteiger partial charge in [0.25, 0.3) is 0 Å². The van der Waals surface area contributed by atoms with E-state index in [1.807, 2.05) is 45.0 Å². The first-order valence-electron chi connectivity index (χ1n) is 12.1. The van der Waals surface area contributed by atoms with E-state index in [9.17, 15) is 14.7 Å². The van der Waals surface area contributed by atoms with Gasteiger partial charge in [-0.2, -0.15) is 0 Å². The van der Waals surface area contributed by atoms with Crippen LogP contribution in [-0.2, 0) is 14.3 Å². The second kappa shape index (κ2) is 11.1. The van der Waals surface area contributed by atoms with E-state index in [2.05, 4.69) is 21.2 Å². The molecule has 0 saturated carbocycles. The van der Waals surface area contributed by atoms with Crippen molar-refractivity contribution in [2.75, 3.05) is 13.2 Å². The van der Waals surface area contributed by atoms with Gasteiger partial charge in [0.2, 0.25) is 0 Å². The quantitative estimate of drug-likeness (QED) is 0.366. The van der Waals surface area contributed by atoms with E-state index in [4.69, 9.17) is 21.1 Å². The van der Waals surface area contributed by atoms with Crippen molar-refractivity contribution in [2.24, 2.45) is 0 Å². The lowest BCUT2D eigenvalue weighted by molar-refractivity contribution is -0.139. The first kappa shape index (κ1) is 26.3. The molecular weight excluding hydrogens is 546 g/mol. The fraction of sp³-hybridized carbons (Fsp3) is 0.357. The molecule has 0 spiro atoms. The Hall–Kier alpha value is -2.77. The molecule has 0 unspecified atom stereocenters. The Morgan fingerprint density at radius 2 is 1.89 bits per heavy atom. The number of carbonyl (C=O) groups is 2. The predicted octanol–water partition coefficient (Wildman–Crippen LogP) is 6.52. The highest BCUT2D eigenvalue weighted by atomic mass is 79.9. The fourth-order valence-corrected chi connectivity index (χ4v) is 5.50. The molecule has 1 aliphatic carbocycles. The molecule has 190 valence electrons. The van der Waals surface area contributed by atoms with Gasteiger partial charge in [-0.05, 0) is 83.9 Å². The number of benzene rings is 2. The van der Waals surface area contributed by atoms with Crippen molar-refractivity contribution in [1.82, 2.24) is 5.32 Å². The highest BCUT2D eigenvalue weighted by Gasteiger charge is 2.42. The van der Waals surface area contributed by atoms with Crippen molar-refractivity contribution in [3.05, 3.63) is 79.6 Å². The number of rotatable bonds is 7. The summed E-state index contributed by atoms with van der Waals surface area (Å²) in [4.78, 5) is 27.0. The Morgan fingerprint density at radius 1 is 1.17 bits per heavy atom. The molecule has 4 rings (SSSR count). The number of ether oxygens (including phenoxy) is 2. The molecule has 8 heteroatoms. The normalized spacial score (nSPS) is 19.6. The van der Waals surface area contributed by atoms with E-state index in [-0.39, 0.29) is 29.8 Å². The van der Waals surface area contributed by atoms with Crippen LogP contribution in [0.4, 0.5) is 0 Å². The number of carbonyl (C=O) groups excluding carboxylic acids is 2. The van der Waals surface area contributed by atoms with E-state index in [0.717, 1.165) is 11.3 Å². The van der Waals surface area contributed by atoms with Crippen molar-refractivity contribution in [3.8, 4) is 11.5 Å². The van der Waals surface area contributed by atoms with E-state index >= 15 is 0 Å². The van der Waals surface area contributed by atoms with Crippen LogP contribution in [0, 0.1) is 0 Å². The second-order valence-corrected chi connectivity index (χ2v) is 10.3. The zero-order valence-corrected chi connectivity index (χ0v) is 22.8. The predicted molar refractivity (Wildman–Crippen MR) is 142 cm³/mol. The Bertz CT molecular complexity index is 1250. The third-order valence-electron chi connectivity index (χ3n) is 6.51. The maximum atomic E-state index is 13.7. The molecule has 1 heterocycles. The van der Waals surface area contributed by atoms with Crippen LogP contribution >= 0.6 is 27.5 Å². The van der Waals surface area contributed by atoms with Crippen LogP contribution in [0.3, 0.4) is 0 Å². The summed E-state index contributed by atoms with van der Waals surface area (Å²) < 4.78 is 11.6. The number of esters is 1. The molecular formula is C28H29BrClNO5. The molecule has 2 aliphatic rings. The topological polar surface area (TPSA) is 84.9 Å². The van der Waals surface area contributed by atoms with E-state index in [1.165, 1.54) is 0 Å². The molecule has 0 saturated heterocycles. The SMILES string of the molecule is CCCOC(=O)C1=C(C)NC2=C(C(=O)C[C@@H](c3ccc(Cl)cc3)C2)[C@H]1c1cc(Br)c(O)c(OCC)c1. The van der Waals surface area contributed by atoms with Crippen molar-refractivity contribution in [1.29, 1.82) is 0 Å². The number of nitrogens with one attached hydrogen (secondary N) is 1. The number of Topliss-reactive ketones (excluding diaryl/α,β-unsaturated/α-hetero) is 1. The van der Waals surface area contributed by atoms with Gasteiger partial charge >= 0.3 is 5.97 Å². The number of phenolic OH excluding ortho intramolecular Hbond substituents is 1. The molecule has 0 fully saturated rings. The number of allylic oxidation sites excluding steroid dienone is 3. The number of ketones is 1. The van der Waals surface area contributed by atoms with Gasteiger partial charge in [0, 0.05) is 34.3 Å². The summed E-state index contributed by atoms with van der Waals surface area (Å²) in [6.07, 6.45) is 1.61. The summed E-state index contributed by atoms with van der Waals surface area (Å²) in [5, 5.41) is 14.5. The second-order valence-electron chi connectivity index (χ2n) is 8.99. The van der Waals surface area contributed by atoms with Crippen molar-refractivity contribution >= 4 is 39.3 Å². The summed E-state index contributed by atoms with van der Waals surface area (Å²) in [6.45, 7) is 6.22. The van der Waals surface area contributed by atoms with Crippen molar-refractivity contribution < 1.29 is 24.2 Å². The maximum Gasteiger partial charge on any atom is 0.336 e. The molecule has 1 aliphatic heterocycles. The molecule has 2 aromatic carbocycles. The first-order chi connectivity index (χ1) is 17.2. The maximum absolute atomic E-state index is 13.7. The Labute approximate surface area is 224 Å². The lowest BCUT2D eigenvalue weighted by atomic mass is 9.71. The van der Waals surface area contributed by atoms with Crippen LogP contribution < -0.4 is 10.1 Å². The monoisotopic (exact) mass is 573 g/mol. The number of phenols is 1. The lowest BCUT2D eigenvalue weighted by Crippen LogP contribution is -2.36. The van der Waals surface area contributed by atoms with Crippen molar-refractivity contribution in [3.63, 3.8) is 0 Å². The standard InChI is InChI=1S/C28H29BrClNO5/c1-4-10-36-28(34)24-15(3)31-21-12-17(16-6-8-19(30)9-7-16)13-22(32)26(21)25(24)18-11-20(29)27(33)23(14-18)35-5-2/h6-9,11,14,17,25,31,33H,4-5,10,12-13H2,1-3H3/t17-,25-/m0/s1. The van der Waals surface area contributed by atoms with Crippen LogP contribution in [-0.4, -0.2) is 30.1 Å². The van der Waals surface area contributed by atoms with Gasteiger partial charge in [0.15, 0.2) is 17.3 Å². The summed E-state index contributed by atoms with van der Waals surface area (Å²) in [6, 6.07) is 11.0. The van der Waals surface area contributed by atoms with E-state index in [1.54, 1.807) is 12.1 Å². The largest absolute Gasteiger partial charge is 0.503 e. The van der Waals surface area contributed by atoms with Crippen LogP contribution in [0.5, 0.6) is 11.5 Å². The number of hydrogen-bond acceptors (Lipinski definition) is 6. The molecule has 6 nitrogen and oxygen atoms in total. The fourth-order valence-electron chi connectivity index (χ4n) is 4.91. The molecule has 0 amide bonds.